The number of rotatable bonds is 12. The maximum Gasteiger partial charge on any atom is 0.220 e. The van der Waals surface area contributed by atoms with E-state index in [0.29, 0.717) is 18.9 Å². The minimum Gasteiger partial charge on any atom is -0.391 e. The Balaban J connectivity index is 3.34. The minimum atomic E-state index is -0.405. The molecule has 0 fully saturated rings. The topological polar surface area (TPSA) is 49.3 Å². The summed E-state index contributed by atoms with van der Waals surface area (Å²) < 4.78 is 0. The first-order chi connectivity index (χ1) is 9.06. The molecule has 1 unspecified atom stereocenters. The van der Waals surface area contributed by atoms with E-state index in [1.165, 1.54) is 32.1 Å². The lowest BCUT2D eigenvalue weighted by molar-refractivity contribution is -0.121. The third kappa shape index (κ3) is 13.7. The molecular weight excluding hydrogens is 238 g/mol. The maximum absolute atomic E-state index is 11.5. The van der Waals surface area contributed by atoms with E-state index in [2.05, 4.69) is 26.1 Å². The Morgan fingerprint density at radius 1 is 1.05 bits per heavy atom. The number of carbonyl (C=O) groups excluding carboxylic acids is 1. The van der Waals surface area contributed by atoms with Crippen LogP contribution in [0.15, 0.2) is 0 Å². The van der Waals surface area contributed by atoms with Gasteiger partial charge in [-0.05, 0) is 18.8 Å². The average Bonchev–Trinajstić information content (AvgIpc) is 2.34. The second-order valence-electron chi connectivity index (χ2n) is 5.96. The van der Waals surface area contributed by atoms with Gasteiger partial charge in [-0.3, -0.25) is 4.79 Å². The third-order valence-electron chi connectivity index (χ3n) is 3.29. The zero-order valence-electron chi connectivity index (χ0n) is 13.1. The van der Waals surface area contributed by atoms with Gasteiger partial charge < -0.3 is 10.4 Å². The fourth-order valence-electron chi connectivity index (χ4n) is 2.19. The number of aliphatic hydroxyl groups excluding tert-OH is 1. The van der Waals surface area contributed by atoms with Gasteiger partial charge >= 0.3 is 0 Å². The highest BCUT2D eigenvalue weighted by Crippen LogP contribution is 2.08. The summed E-state index contributed by atoms with van der Waals surface area (Å²) in [5.41, 5.74) is 0. The number of aliphatic hydroxyl groups is 1. The molecule has 0 aliphatic carbocycles. The molecule has 0 aromatic heterocycles. The van der Waals surface area contributed by atoms with Crippen LogP contribution in [0.2, 0.25) is 0 Å². The van der Waals surface area contributed by atoms with Gasteiger partial charge in [0.2, 0.25) is 5.91 Å². The molecule has 114 valence electrons. The first-order valence-electron chi connectivity index (χ1n) is 8.01. The molecule has 0 heterocycles. The fraction of sp³-hybridized carbons (Fsp3) is 0.938. The van der Waals surface area contributed by atoms with Crippen LogP contribution in [0.5, 0.6) is 0 Å². The van der Waals surface area contributed by atoms with Gasteiger partial charge in [-0.2, -0.15) is 0 Å². The standard InChI is InChI=1S/C16H33NO2/c1-4-5-6-7-8-9-10-11-16(19)17-13-15(18)12-14(2)3/h14-15,18H,4-13H2,1-3H3,(H,17,19). The number of unbranched alkanes of at least 4 members (excludes halogenated alkanes) is 6. The first-order valence-corrected chi connectivity index (χ1v) is 8.01. The van der Waals surface area contributed by atoms with Crippen molar-refractivity contribution in [2.45, 2.75) is 84.7 Å². The van der Waals surface area contributed by atoms with Crippen molar-refractivity contribution >= 4 is 5.91 Å². The van der Waals surface area contributed by atoms with E-state index in [1.54, 1.807) is 0 Å². The van der Waals surface area contributed by atoms with Gasteiger partial charge in [0.25, 0.3) is 0 Å². The van der Waals surface area contributed by atoms with E-state index in [1.807, 2.05) is 0 Å². The zero-order chi connectivity index (χ0) is 14.5. The molecule has 3 heteroatoms. The van der Waals surface area contributed by atoms with Crippen LogP contribution in [0.1, 0.15) is 78.6 Å². The van der Waals surface area contributed by atoms with Crippen LogP contribution in [0.25, 0.3) is 0 Å². The van der Waals surface area contributed by atoms with E-state index in [4.69, 9.17) is 0 Å². The molecule has 19 heavy (non-hydrogen) atoms. The SMILES string of the molecule is CCCCCCCCCC(=O)NCC(O)CC(C)C. The highest BCUT2D eigenvalue weighted by molar-refractivity contribution is 5.75. The van der Waals surface area contributed by atoms with Crippen molar-refractivity contribution in [2.24, 2.45) is 5.92 Å². The quantitative estimate of drug-likeness (QED) is 0.532. The Kier molecular flexibility index (Phi) is 12.1. The lowest BCUT2D eigenvalue weighted by Crippen LogP contribution is -2.32. The van der Waals surface area contributed by atoms with Gasteiger partial charge in [-0.15, -0.1) is 0 Å². The van der Waals surface area contributed by atoms with Crippen molar-refractivity contribution in [3.05, 3.63) is 0 Å². The molecule has 0 aromatic rings. The largest absolute Gasteiger partial charge is 0.391 e. The van der Waals surface area contributed by atoms with Crippen LogP contribution >= 0.6 is 0 Å². The van der Waals surface area contributed by atoms with E-state index >= 15 is 0 Å². The number of hydrogen-bond donors (Lipinski definition) is 2. The average molecular weight is 271 g/mol. The molecule has 2 N–H and O–H groups in total. The number of amides is 1. The molecule has 0 saturated heterocycles. The molecule has 1 atom stereocenters. The summed E-state index contributed by atoms with van der Waals surface area (Å²) in [7, 11) is 0. The predicted octanol–water partition coefficient (Wildman–Crippen LogP) is 3.65. The molecule has 0 spiro atoms. The lowest BCUT2D eigenvalue weighted by Gasteiger charge is -2.13. The molecule has 0 bridgehead atoms. The Bertz CT molecular complexity index is 217. The number of hydrogen-bond acceptors (Lipinski definition) is 2. The highest BCUT2D eigenvalue weighted by Gasteiger charge is 2.08. The number of nitrogens with one attached hydrogen (secondary N) is 1. The van der Waals surface area contributed by atoms with Gasteiger partial charge in [-0.25, -0.2) is 0 Å². The highest BCUT2D eigenvalue weighted by atomic mass is 16.3. The van der Waals surface area contributed by atoms with Gasteiger partial charge in [0.1, 0.15) is 0 Å². The van der Waals surface area contributed by atoms with Crippen molar-refractivity contribution < 1.29 is 9.90 Å². The van der Waals surface area contributed by atoms with E-state index < -0.39 is 6.10 Å². The molecular formula is C16H33NO2. The summed E-state index contributed by atoms with van der Waals surface area (Å²) in [5, 5.41) is 12.5. The molecule has 0 radical (unpaired) electrons. The molecule has 1 amide bonds. The van der Waals surface area contributed by atoms with Crippen LogP contribution in [-0.2, 0) is 4.79 Å². The summed E-state index contributed by atoms with van der Waals surface area (Å²) >= 11 is 0. The van der Waals surface area contributed by atoms with Gasteiger partial charge in [0.05, 0.1) is 6.10 Å². The smallest absolute Gasteiger partial charge is 0.220 e. The number of carbonyl (C=O) groups is 1. The maximum atomic E-state index is 11.5. The van der Waals surface area contributed by atoms with Crippen molar-refractivity contribution in [3.8, 4) is 0 Å². The molecule has 0 saturated carbocycles. The molecule has 0 aliphatic heterocycles. The summed E-state index contributed by atoms with van der Waals surface area (Å²) in [4.78, 5) is 11.5. The summed E-state index contributed by atoms with van der Waals surface area (Å²) in [6, 6.07) is 0. The summed E-state index contributed by atoms with van der Waals surface area (Å²) in [5.74, 6) is 0.548. The summed E-state index contributed by atoms with van der Waals surface area (Å²) in [6.45, 7) is 6.76. The lowest BCUT2D eigenvalue weighted by atomic mass is 10.1. The Hall–Kier alpha value is -0.570. The van der Waals surface area contributed by atoms with Crippen LogP contribution in [-0.4, -0.2) is 23.7 Å². The van der Waals surface area contributed by atoms with Crippen molar-refractivity contribution in [3.63, 3.8) is 0 Å². The van der Waals surface area contributed by atoms with Crippen LogP contribution in [0.3, 0.4) is 0 Å². The second kappa shape index (κ2) is 12.5. The first kappa shape index (κ1) is 18.4. The van der Waals surface area contributed by atoms with E-state index in [0.717, 1.165) is 19.3 Å². The molecule has 0 aromatic carbocycles. The van der Waals surface area contributed by atoms with E-state index in [9.17, 15) is 9.90 Å². The van der Waals surface area contributed by atoms with Crippen LogP contribution in [0, 0.1) is 5.92 Å². The normalized spacial score (nSPS) is 12.7. The van der Waals surface area contributed by atoms with Crippen LogP contribution < -0.4 is 5.32 Å². The van der Waals surface area contributed by atoms with Gasteiger partial charge in [-0.1, -0.05) is 59.3 Å². The summed E-state index contributed by atoms with van der Waals surface area (Å²) in [6.07, 6.45) is 9.52. The van der Waals surface area contributed by atoms with Crippen LogP contribution in [0.4, 0.5) is 0 Å². The predicted molar refractivity (Wildman–Crippen MR) is 81.1 cm³/mol. The van der Waals surface area contributed by atoms with Crippen molar-refractivity contribution in [2.75, 3.05) is 6.54 Å². The minimum absolute atomic E-state index is 0.0800. The fourth-order valence-corrected chi connectivity index (χ4v) is 2.19. The van der Waals surface area contributed by atoms with Gasteiger partial charge in [0, 0.05) is 13.0 Å². The van der Waals surface area contributed by atoms with Gasteiger partial charge in [0.15, 0.2) is 0 Å². The monoisotopic (exact) mass is 271 g/mol. The molecule has 0 aliphatic rings. The zero-order valence-corrected chi connectivity index (χ0v) is 13.1. The second-order valence-corrected chi connectivity index (χ2v) is 5.96. The Labute approximate surface area is 119 Å². The van der Waals surface area contributed by atoms with Crippen molar-refractivity contribution in [1.29, 1.82) is 0 Å². The Morgan fingerprint density at radius 2 is 1.63 bits per heavy atom. The Morgan fingerprint density at radius 3 is 2.21 bits per heavy atom. The van der Waals surface area contributed by atoms with Crippen molar-refractivity contribution in [1.82, 2.24) is 5.32 Å². The van der Waals surface area contributed by atoms with E-state index in [-0.39, 0.29) is 5.91 Å². The molecule has 0 rings (SSSR count). The third-order valence-corrected chi connectivity index (χ3v) is 3.29. The molecule has 3 nitrogen and oxygen atoms in total.